The molecule has 0 aliphatic carbocycles. The number of rotatable bonds is 2. The lowest BCUT2D eigenvalue weighted by molar-refractivity contribution is 0.0518. The molecule has 0 bridgehead atoms. The lowest BCUT2D eigenvalue weighted by atomic mass is 10.2. The largest absolute Gasteiger partial charge is 0.461 e. The number of carbonyl (C=O) groups excluding carboxylic acids is 1. The molecular formula is C8H8Cl2N2O2. The van der Waals surface area contributed by atoms with E-state index in [4.69, 9.17) is 27.9 Å². The molecule has 76 valence electrons. The third-order valence-electron chi connectivity index (χ3n) is 1.53. The van der Waals surface area contributed by atoms with Crippen LogP contribution in [-0.4, -0.2) is 22.5 Å². The van der Waals surface area contributed by atoms with Gasteiger partial charge in [0.1, 0.15) is 5.15 Å². The van der Waals surface area contributed by atoms with Gasteiger partial charge in [-0.25, -0.2) is 14.8 Å². The highest BCUT2D eigenvalue weighted by Gasteiger charge is 2.16. The van der Waals surface area contributed by atoms with Crippen LogP contribution in [0.3, 0.4) is 0 Å². The first-order chi connectivity index (χ1) is 6.56. The molecule has 0 atom stereocenters. The molecular weight excluding hydrogens is 227 g/mol. The quantitative estimate of drug-likeness (QED) is 0.448. The molecule has 0 N–H and O–H groups in total. The Morgan fingerprint density at radius 2 is 2.07 bits per heavy atom. The van der Waals surface area contributed by atoms with Gasteiger partial charge in [-0.05, 0) is 25.4 Å². The first kappa shape index (κ1) is 11.2. The van der Waals surface area contributed by atoms with Gasteiger partial charge in [-0.3, -0.25) is 0 Å². The maximum Gasteiger partial charge on any atom is 0.357 e. The second-order valence-corrected chi connectivity index (χ2v) is 3.17. The molecule has 0 amide bonds. The monoisotopic (exact) mass is 234 g/mol. The molecule has 0 saturated carbocycles. The number of hydrogen-bond acceptors (Lipinski definition) is 4. The molecule has 0 radical (unpaired) electrons. The zero-order chi connectivity index (χ0) is 10.7. The number of ether oxygens (including phenoxy) is 1. The molecule has 14 heavy (non-hydrogen) atoms. The fourth-order valence-corrected chi connectivity index (χ4v) is 1.24. The van der Waals surface area contributed by atoms with Crippen molar-refractivity contribution in [1.82, 2.24) is 9.97 Å². The second-order valence-electron chi connectivity index (χ2n) is 2.48. The normalized spacial score (nSPS) is 10.0. The zero-order valence-corrected chi connectivity index (χ0v) is 9.19. The van der Waals surface area contributed by atoms with E-state index in [9.17, 15) is 4.79 Å². The van der Waals surface area contributed by atoms with E-state index in [1.54, 1.807) is 13.8 Å². The Hall–Kier alpha value is -0.870. The maximum absolute atomic E-state index is 11.3. The predicted octanol–water partition coefficient (Wildman–Crippen LogP) is 2.27. The number of esters is 1. The van der Waals surface area contributed by atoms with Crippen LogP contribution in [0.4, 0.5) is 0 Å². The van der Waals surface area contributed by atoms with Gasteiger partial charge >= 0.3 is 5.97 Å². The molecule has 6 heteroatoms. The van der Waals surface area contributed by atoms with Gasteiger partial charge in [0.2, 0.25) is 5.28 Å². The standard InChI is InChI=1S/C8H8Cl2N2O2/c1-3-14-7(13)5-4(2)6(9)12-8(10)11-5/h3H2,1-2H3. The summed E-state index contributed by atoms with van der Waals surface area (Å²) in [6, 6.07) is 0. The number of aromatic nitrogens is 2. The summed E-state index contributed by atoms with van der Waals surface area (Å²) >= 11 is 11.3. The molecule has 0 unspecified atom stereocenters. The van der Waals surface area contributed by atoms with Crippen molar-refractivity contribution in [2.24, 2.45) is 0 Å². The topological polar surface area (TPSA) is 52.1 Å². The van der Waals surface area contributed by atoms with E-state index >= 15 is 0 Å². The Labute approximate surface area is 91.2 Å². The number of halogens is 2. The van der Waals surface area contributed by atoms with Crippen molar-refractivity contribution in [3.63, 3.8) is 0 Å². The second kappa shape index (κ2) is 4.57. The molecule has 1 rings (SSSR count). The SMILES string of the molecule is CCOC(=O)c1nc(Cl)nc(Cl)c1C. The minimum absolute atomic E-state index is 0.0661. The van der Waals surface area contributed by atoms with Crippen molar-refractivity contribution >= 4 is 29.2 Å². The highest BCUT2D eigenvalue weighted by atomic mass is 35.5. The maximum atomic E-state index is 11.3. The van der Waals surface area contributed by atoms with Gasteiger partial charge < -0.3 is 4.74 Å². The van der Waals surface area contributed by atoms with E-state index in [-0.39, 0.29) is 22.7 Å². The Bertz CT molecular complexity index is 369. The van der Waals surface area contributed by atoms with Gasteiger partial charge in [0.05, 0.1) is 6.61 Å². The van der Waals surface area contributed by atoms with Crippen LogP contribution in [0.2, 0.25) is 10.4 Å². The van der Waals surface area contributed by atoms with Crippen molar-refractivity contribution < 1.29 is 9.53 Å². The average molecular weight is 235 g/mol. The first-order valence-corrected chi connectivity index (χ1v) is 4.68. The molecule has 1 aromatic rings. The first-order valence-electron chi connectivity index (χ1n) is 3.93. The molecule has 0 aliphatic rings. The Balaban J connectivity index is 3.13. The van der Waals surface area contributed by atoms with Crippen LogP contribution >= 0.6 is 23.2 Å². The van der Waals surface area contributed by atoms with Gasteiger partial charge in [0.25, 0.3) is 0 Å². The Morgan fingerprint density at radius 1 is 1.43 bits per heavy atom. The van der Waals surface area contributed by atoms with Crippen molar-refractivity contribution in [2.45, 2.75) is 13.8 Å². The lowest BCUT2D eigenvalue weighted by Gasteiger charge is -2.05. The fourth-order valence-electron chi connectivity index (χ4n) is 0.862. The van der Waals surface area contributed by atoms with Gasteiger partial charge in [-0.15, -0.1) is 0 Å². The molecule has 0 aliphatic heterocycles. The van der Waals surface area contributed by atoms with Crippen LogP contribution in [0.15, 0.2) is 0 Å². The lowest BCUT2D eigenvalue weighted by Crippen LogP contribution is -2.10. The third-order valence-corrected chi connectivity index (χ3v) is 2.06. The van der Waals surface area contributed by atoms with Crippen LogP contribution in [0, 0.1) is 6.92 Å². The predicted molar refractivity (Wildman–Crippen MR) is 52.7 cm³/mol. The molecule has 4 nitrogen and oxygen atoms in total. The van der Waals surface area contributed by atoms with Crippen LogP contribution in [-0.2, 0) is 4.74 Å². The van der Waals surface area contributed by atoms with Crippen LogP contribution in [0.5, 0.6) is 0 Å². The van der Waals surface area contributed by atoms with Gasteiger partial charge in [0, 0.05) is 5.56 Å². The van der Waals surface area contributed by atoms with E-state index in [0.717, 1.165) is 0 Å². The minimum Gasteiger partial charge on any atom is -0.461 e. The summed E-state index contributed by atoms with van der Waals surface area (Å²) < 4.78 is 4.77. The smallest absolute Gasteiger partial charge is 0.357 e. The molecule has 0 saturated heterocycles. The highest BCUT2D eigenvalue weighted by Crippen LogP contribution is 2.18. The van der Waals surface area contributed by atoms with Crippen molar-refractivity contribution in [3.05, 3.63) is 21.7 Å². The summed E-state index contributed by atoms with van der Waals surface area (Å²) in [6.45, 7) is 3.61. The van der Waals surface area contributed by atoms with E-state index in [0.29, 0.717) is 5.56 Å². The van der Waals surface area contributed by atoms with Gasteiger partial charge in [0.15, 0.2) is 5.69 Å². The van der Waals surface area contributed by atoms with Gasteiger partial charge in [-0.1, -0.05) is 11.6 Å². The highest BCUT2D eigenvalue weighted by molar-refractivity contribution is 6.32. The summed E-state index contributed by atoms with van der Waals surface area (Å²) in [7, 11) is 0. The van der Waals surface area contributed by atoms with Crippen LogP contribution < -0.4 is 0 Å². The zero-order valence-electron chi connectivity index (χ0n) is 7.67. The summed E-state index contributed by atoms with van der Waals surface area (Å²) in [6.07, 6.45) is 0. The summed E-state index contributed by atoms with van der Waals surface area (Å²) in [5.74, 6) is -0.545. The van der Waals surface area contributed by atoms with E-state index in [2.05, 4.69) is 9.97 Å². The third kappa shape index (κ3) is 2.33. The molecule has 0 fully saturated rings. The van der Waals surface area contributed by atoms with Crippen LogP contribution in [0.1, 0.15) is 23.0 Å². The fraction of sp³-hybridized carbons (Fsp3) is 0.375. The Morgan fingerprint density at radius 3 is 2.64 bits per heavy atom. The molecule has 0 spiro atoms. The van der Waals surface area contributed by atoms with Crippen LogP contribution in [0.25, 0.3) is 0 Å². The van der Waals surface area contributed by atoms with Crippen molar-refractivity contribution in [3.8, 4) is 0 Å². The minimum atomic E-state index is -0.545. The average Bonchev–Trinajstić information content (AvgIpc) is 2.11. The Kier molecular flexibility index (Phi) is 3.66. The van der Waals surface area contributed by atoms with E-state index in [1.165, 1.54) is 0 Å². The van der Waals surface area contributed by atoms with Gasteiger partial charge in [-0.2, -0.15) is 0 Å². The summed E-state index contributed by atoms with van der Waals surface area (Å²) in [5.41, 5.74) is 0.575. The molecule has 1 heterocycles. The van der Waals surface area contributed by atoms with Crippen molar-refractivity contribution in [2.75, 3.05) is 6.61 Å². The van der Waals surface area contributed by atoms with Crippen molar-refractivity contribution in [1.29, 1.82) is 0 Å². The van der Waals surface area contributed by atoms with E-state index < -0.39 is 5.97 Å². The number of carbonyl (C=O) groups is 1. The summed E-state index contributed by atoms with van der Waals surface area (Å²) in [4.78, 5) is 18.8. The molecule has 1 aromatic heterocycles. The number of nitrogens with zero attached hydrogens (tertiary/aromatic N) is 2. The number of hydrogen-bond donors (Lipinski definition) is 0. The molecule has 0 aromatic carbocycles. The summed E-state index contributed by atoms with van der Waals surface area (Å²) in [5, 5.41) is 0.0942. The van der Waals surface area contributed by atoms with E-state index in [1.807, 2.05) is 0 Å².